The van der Waals surface area contributed by atoms with Crippen LogP contribution in [0.25, 0.3) is 0 Å². The van der Waals surface area contributed by atoms with Gasteiger partial charge in [-0.05, 0) is 12.5 Å². The molecule has 1 heterocycles. The molecule has 2 rings (SSSR count). The zero-order valence-corrected chi connectivity index (χ0v) is 11.2. The predicted molar refractivity (Wildman–Crippen MR) is 70.1 cm³/mol. The van der Waals surface area contributed by atoms with Gasteiger partial charge < -0.3 is 14.4 Å². The van der Waals surface area contributed by atoms with Crippen molar-refractivity contribution in [1.29, 1.82) is 0 Å². The van der Waals surface area contributed by atoms with Gasteiger partial charge in [-0.3, -0.25) is 0 Å². The normalized spacial score (nSPS) is 12.4. The van der Waals surface area contributed by atoms with Crippen molar-refractivity contribution >= 4 is 0 Å². The highest BCUT2D eigenvalue weighted by molar-refractivity contribution is 5.35. The minimum Gasteiger partial charge on any atom is -0.496 e. The van der Waals surface area contributed by atoms with Crippen molar-refractivity contribution in [1.82, 2.24) is 10.1 Å². The third-order valence-electron chi connectivity index (χ3n) is 2.93. The molecule has 0 saturated heterocycles. The van der Waals surface area contributed by atoms with Crippen LogP contribution in [-0.2, 0) is 12.8 Å². The van der Waals surface area contributed by atoms with Gasteiger partial charge in [-0.1, -0.05) is 30.3 Å². The first-order valence-corrected chi connectivity index (χ1v) is 6.34. The van der Waals surface area contributed by atoms with Crippen LogP contribution >= 0.6 is 0 Å². The lowest BCUT2D eigenvalue weighted by molar-refractivity contribution is 0.158. The molecule has 1 N–H and O–H groups in total. The van der Waals surface area contributed by atoms with E-state index < -0.39 is 6.10 Å². The molecule has 0 spiro atoms. The van der Waals surface area contributed by atoms with Gasteiger partial charge in [0, 0.05) is 12.0 Å². The molecule has 2 aromatic rings. The summed E-state index contributed by atoms with van der Waals surface area (Å²) >= 11 is 0. The number of aliphatic hydroxyl groups excluding tert-OH is 1. The fourth-order valence-electron chi connectivity index (χ4n) is 1.81. The lowest BCUT2D eigenvalue weighted by atomic mass is 10.1. The first-order valence-electron chi connectivity index (χ1n) is 6.34. The summed E-state index contributed by atoms with van der Waals surface area (Å²) in [6.07, 6.45) is 1.19. The molecule has 0 radical (unpaired) electrons. The summed E-state index contributed by atoms with van der Waals surface area (Å²) in [5, 5.41) is 13.5. The van der Waals surface area contributed by atoms with Gasteiger partial charge in [0.15, 0.2) is 5.82 Å². The predicted octanol–water partition coefficient (Wildman–Crippen LogP) is 1.98. The second-order valence-electron chi connectivity index (χ2n) is 4.36. The van der Waals surface area contributed by atoms with E-state index in [9.17, 15) is 5.11 Å². The van der Waals surface area contributed by atoms with Crippen molar-refractivity contribution in [2.45, 2.75) is 32.3 Å². The maximum Gasteiger partial charge on any atom is 0.229 e. The molecule has 5 nitrogen and oxygen atoms in total. The van der Waals surface area contributed by atoms with E-state index in [2.05, 4.69) is 10.1 Å². The highest BCUT2D eigenvalue weighted by Gasteiger charge is 2.12. The van der Waals surface area contributed by atoms with E-state index >= 15 is 0 Å². The van der Waals surface area contributed by atoms with E-state index in [1.807, 2.05) is 31.2 Å². The Balaban J connectivity index is 2.07. The van der Waals surface area contributed by atoms with Crippen LogP contribution in [0.1, 0.15) is 30.6 Å². The van der Waals surface area contributed by atoms with E-state index in [-0.39, 0.29) is 0 Å². The molecule has 1 unspecified atom stereocenters. The molecule has 0 aliphatic rings. The van der Waals surface area contributed by atoms with Crippen LogP contribution in [0.5, 0.6) is 5.75 Å². The second kappa shape index (κ2) is 6.33. The molecule has 0 amide bonds. The van der Waals surface area contributed by atoms with E-state index in [1.165, 1.54) is 0 Å². The Hall–Kier alpha value is -1.88. The minimum atomic E-state index is -0.431. The summed E-state index contributed by atoms with van der Waals surface area (Å²) in [5.41, 5.74) is 1.01. The number of para-hydroxylation sites is 1. The average molecular weight is 262 g/mol. The second-order valence-corrected chi connectivity index (χ2v) is 4.36. The van der Waals surface area contributed by atoms with Gasteiger partial charge in [0.1, 0.15) is 5.75 Å². The Kier molecular flexibility index (Phi) is 4.52. The molecular formula is C14H18N2O3. The molecule has 1 aromatic heterocycles. The molecule has 1 atom stereocenters. The molecular weight excluding hydrogens is 244 g/mol. The Morgan fingerprint density at radius 3 is 2.89 bits per heavy atom. The van der Waals surface area contributed by atoms with Crippen molar-refractivity contribution < 1.29 is 14.4 Å². The number of rotatable bonds is 6. The number of hydrogen-bond acceptors (Lipinski definition) is 5. The Morgan fingerprint density at radius 2 is 2.16 bits per heavy atom. The van der Waals surface area contributed by atoms with Crippen molar-refractivity contribution in [2.24, 2.45) is 0 Å². The molecule has 0 fully saturated rings. The number of hydrogen-bond donors (Lipinski definition) is 1. The molecule has 0 aliphatic heterocycles. The largest absolute Gasteiger partial charge is 0.496 e. The highest BCUT2D eigenvalue weighted by Crippen LogP contribution is 2.19. The highest BCUT2D eigenvalue weighted by atomic mass is 16.5. The first-order chi connectivity index (χ1) is 9.22. The Labute approximate surface area is 112 Å². The smallest absolute Gasteiger partial charge is 0.229 e. The summed E-state index contributed by atoms with van der Waals surface area (Å²) in [6.45, 7) is 1.91. The Bertz CT molecular complexity index is 525. The molecule has 19 heavy (non-hydrogen) atoms. The maximum atomic E-state index is 9.54. The van der Waals surface area contributed by atoms with Crippen molar-refractivity contribution in [2.75, 3.05) is 7.11 Å². The SMILES string of the molecule is CCC(O)Cc1nc(Cc2ccccc2OC)no1. The van der Waals surface area contributed by atoms with Gasteiger partial charge in [0.05, 0.1) is 19.6 Å². The van der Waals surface area contributed by atoms with Crippen LogP contribution in [0.3, 0.4) is 0 Å². The first kappa shape index (κ1) is 13.5. The van der Waals surface area contributed by atoms with Gasteiger partial charge >= 0.3 is 0 Å². The van der Waals surface area contributed by atoms with Crippen LogP contribution in [-0.4, -0.2) is 28.5 Å². The molecule has 1 aromatic carbocycles. The van der Waals surface area contributed by atoms with Crippen LogP contribution in [0.15, 0.2) is 28.8 Å². The van der Waals surface area contributed by atoms with Crippen LogP contribution < -0.4 is 4.74 Å². The number of nitrogens with zero attached hydrogens (tertiary/aromatic N) is 2. The average Bonchev–Trinajstić information content (AvgIpc) is 2.86. The summed E-state index contributed by atoms with van der Waals surface area (Å²) in [4.78, 5) is 4.28. The van der Waals surface area contributed by atoms with Crippen molar-refractivity contribution in [3.05, 3.63) is 41.5 Å². The number of methoxy groups -OCH3 is 1. The molecule has 0 saturated carbocycles. The van der Waals surface area contributed by atoms with Gasteiger partial charge in [0.25, 0.3) is 0 Å². The standard InChI is InChI=1S/C14H18N2O3/c1-3-11(17)9-14-15-13(16-19-14)8-10-6-4-5-7-12(10)18-2/h4-7,11,17H,3,8-9H2,1-2H3. The summed E-state index contributed by atoms with van der Waals surface area (Å²) in [6, 6.07) is 7.73. The maximum absolute atomic E-state index is 9.54. The molecule has 0 bridgehead atoms. The van der Waals surface area contributed by atoms with Gasteiger partial charge in [0.2, 0.25) is 5.89 Å². The number of aliphatic hydroxyl groups is 1. The van der Waals surface area contributed by atoms with Gasteiger partial charge in [-0.25, -0.2) is 0 Å². The quantitative estimate of drug-likeness (QED) is 0.862. The lowest BCUT2D eigenvalue weighted by Crippen LogP contribution is -2.08. The lowest BCUT2D eigenvalue weighted by Gasteiger charge is -2.05. The van der Waals surface area contributed by atoms with Gasteiger partial charge in [-0.2, -0.15) is 4.98 Å². The van der Waals surface area contributed by atoms with Crippen LogP contribution in [0, 0.1) is 0 Å². The number of ether oxygens (including phenoxy) is 1. The van der Waals surface area contributed by atoms with Gasteiger partial charge in [-0.15, -0.1) is 0 Å². The zero-order valence-electron chi connectivity index (χ0n) is 11.2. The third-order valence-corrected chi connectivity index (χ3v) is 2.93. The molecule has 102 valence electrons. The van der Waals surface area contributed by atoms with E-state index in [0.717, 1.165) is 11.3 Å². The number of benzene rings is 1. The summed E-state index contributed by atoms with van der Waals surface area (Å²) in [5.74, 6) is 1.88. The van der Waals surface area contributed by atoms with E-state index in [0.29, 0.717) is 31.0 Å². The summed E-state index contributed by atoms with van der Waals surface area (Å²) < 4.78 is 10.4. The van der Waals surface area contributed by atoms with Crippen LogP contribution in [0.4, 0.5) is 0 Å². The van der Waals surface area contributed by atoms with E-state index in [1.54, 1.807) is 7.11 Å². The minimum absolute atomic E-state index is 0.398. The third kappa shape index (κ3) is 3.54. The molecule has 5 heteroatoms. The van der Waals surface area contributed by atoms with Crippen molar-refractivity contribution in [3.63, 3.8) is 0 Å². The Morgan fingerprint density at radius 1 is 1.37 bits per heavy atom. The number of aromatic nitrogens is 2. The topological polar surface area (TPSA) is 68.4 Å². The monoisotopic (exact) mass is 262 g/mol. The zero-order chi connectivity index (χ0) is 13.7. The molecule has 0 aliphatic carbocycles. The fourth-order valence-corrected chi connectivity index (χ4v) is 1.81. The fraction of sp³-hybridized carbons (Fsp3) is 0.429. The van der Waals surface area contributed by atoms with Crippen molar-refractivity contribution in [3.8, 4) is 5.75 Å². The van der Waals surface area contributed by atoms with Crippen LogP contribution in [0.2, 0.25) is 0 Å². The summed E-state index contributed by atoms with van der Waals surface area (Å²) in [7, 11) is 1.64. The van der Waals surface area contributed by atoms with E-state index in [4.69, 9.17) is 9.26 Å².